The average Bonchev–Trinajstić information content (AvgIpc) is 3.21. The minimum Gasteiger partial charge on any atom is -0.366 e. The molecule has 1 aliphatic heterocycles. The molecule has 30 heavy (non-hydrogen) atoms. The maximum absolute atomic E-state index is 13.1. The van der Waals surface area contributed by atoms with Gasteiger partial charge in [0.1, 0.15) is 0 Å². The topological polar surface area (TPSA) is 121 Å². The fourth-order valence-corrected chi connectivity index (χ4v) is 3.96. The lowest BCUT2D eigenvalue weighted by Crippen LogP contribution is -2.46. The number of hydrogen-bond donors (Lipinski definition) is 3. The van der Waals surface area contributed by atoms with Gasteiger partial charge in [0, 0.05) is 24.5 Å². The molecular formula is C22H23N5O3. The molecule has 3 aromatic rings. The zero-order valence-corrected chi connectivity index (χ0v) is 16.6. The molecule has 154 valence electrons. The van der Waals surface area contributed by atoms with Crippen LogP contribution in [0, 0.1) is 5.92 Å². The third-order valence-electron chi connectivity index (χ3n) is 5.52. The van der Waals surface area contributed by atoms with Gasteiger partial charge in [-0.1, -0.05) is 13.0 Å². The van der Waals surface area contributed by atoms with Crippen LogP contribution in [0.4, 0.5) is 5.69 Å². The van der Waals surface area contributed by atoms with Crippen molar-refractivity contribution in [2.75, 3.05) is 11.9 Å². The number of fused-ring (bicyclic) bond motifs is 1. The highest BCUT2D eigenvalue weighted by atomic mass is 16.2. The summed E-state index contributed by atoms with van der Waals surface area (Å²) in [6.45, 7) is 2.58. The number of carbonyl (C=O) groups is 3. The van der Waals surface area contributed by atoms with E-state index in [1.165, 1.54) is 18.5 Å². The molecule has 1 fully saturated rings. The van der Waals surface area contributed by atoms with Crippen LogP contribution in [0.1, 0.15) is 41.7 Å². The van der Waals surface area contributed by atoms with Gasteiger partial charge in [0.25, 0.3) is 0 Å². The van der Waals surface area contributed by atoms with Gasteiger partial charge in [-0.3, -0.25) is 19.4 Å². The number of nitrogens with one attached hydrogen (secondary N) is 2. The molecule has 3 heterocycles. The molecular weight excluding hydrogens is 382 g/mol. The zero-order chi connectivity index (χ0) is 21.3. The van der Waals surface area contributed by atoms with Gasteiger partial charge in [0.15, 0.2) is 0 Å². The van der Waals surface area contributed by atoms with Crippen molar-refractivity contribution in [2.45, 2.75) is 25.8 Å². The van der Waals surface area contributed by atoms with Crippen molar-refractivity contribution in [3.63, 3.8) is 0 Å². The number of amides is 3. The van der Waals surface area contributed by atoms with E-state index in [0.29, 0.717) is 12.5 Å². The highest BCUT2D eigenvalue weighted by molar-refractivity contribution is 6.39. The fourth-order valence-electron chi connectivity index (χ4n) is 3.96. The molecule has 8 heteroatoms. The van der Waals surface area contributed by atoms with Crippen LogP contribution < -0.4 is 11.1 Å². The van der Waals surface area contributed by atoms with E-state index in [9.17, 15) is 14.4 Å². The maximum atomic E-state index is 13.1. The molecule has 8 nitrogen and oxygen atoms in total. The normalized spacial score (nSPS) is 18.9. The van der Waals surface area contributed by atoms with E-state index in [-0.39, 0.29) is 17.3 Å². The largest absolute Gasteiger partial charge is 0.366 e. The minimum atomic E-state index is -0.764. The molecule has 4 rings (SSSR count). The Morgan fingerprint density at radius 2 is 2.00 bits per heavy atom. The van der Waals surface area contributed by atoms with Crippen LogP contribution in [0.2, 0.25) is 0 Å². The number of hydrogen-bond acceptors (Lipinski definition) is 4. The quantitative estimate of drug-likeness (QED) is 0.580. The Kier molecular flexibility index (Phi) is 5.22. The summed E-state index contributed by atoms with van der Waals surface area (Å²) in [6, 6.07) is 9.27. The summed E-state index contributed by atoms with van der Waals surface area (Å²) in [4.78, 5) is 45.8. The standard InChI is InChI=1S/C22H23N5O3/c1-13-2-5-19(15-3-4-18-14(8-15)6-7-25-18)27(12-13)22(30)21(29)26-17-9-16(20(23)28)10-24-11-17/h3-4,6-11,13,19,25H,2,5,12H2,1H3,(H2,23,28)(H,26,29)/t13-,19+/m0/s1. The van der Waals surface area contributed by atoms with Crippen LogP contribution in [0.15, 0.2) is 48.9 Å². The van der Waals surface area contributed by atoms with Crippen LogP contribution >= 0.6 is 0 Å². The molecule has 1 saturated heterocycles. The van der Waals surface area contributed by atoms with Crippen LogP contribution in [0.5, 0.6) is 0 Å². The lowest BCUT2D eigenvalue weighted by molar-refractivity contribution is -0.146. The molecule has 2 aromatic heterocycles. The molecule has 1 aliphatic rings. The van der Waals surface area contributed by atoms with Crippen molar-refractivity contribution in [1.82, 2.24) is 14.9 Å². The van der Waals surface area contributed by atoms with Crippen LogP contribution in [0.3, 0.4) is 0 Å². The number of nitrogens with two attached hydrogens (primary N) is 1. The van der Waals surface area contributed by atoms with E-state index >= 15 is 0 Å². The number of H-pyrrole nitrogens is 1. The molecule has 0 radical (unpaired) electrons. The highest BCUT2D eigenvalue weighted by Crippen LogP contribution is 2.34. The van der Waals surface area contributed by atoms with Crippen molar-refractivity contribution < 1.29 is 14.4 Å². The van der Waals surface area contributed by atoms with E-state index in [2.05, 4.69) is 28.3 Å². The molecule has 0 spiro atoms. The van der Waals surface area contributed by atoms with Crippen molar-refractivity contribution >= 4 is 34.3 Å². The van der Waals surface area contributed by atoms with E-state index in [1.807, 2.05) is 24.4 Å². The monoisotopic (exact) mass is 405 g/mol. The summed E-state index contributed by atoms with van der Waals surface area (Å²) in [5.74, 6) is -1.73. The second-order valence-corrected chi connectivity index (χ2v) is 7.76. The van der Waals surface area contributed by atoms with Gasteiger partial charge >= 0.3 is 11.8 Å². The second-order valence-electron chi connectivity index (χ2n) is 7.76. The van der Waals surface area contributed by atoms with Gasteiger partial charge in [0.05, 0.1) is 23.5 Å². The molecule has 4 N–H and O–H groups in total. The number of pyridine rings is 1. The lowest BCUT2D eigenvalue weighted by atomic mass is 9.89. The van der Waals surface area contributed by atoms with Gasteiger partial charge in [0.2, 0.25) is 5.91 Å². The number of anilines is 1. The molecule has 0 unspecified atom stereocenters. The summed E-state index contributed by atoms with van der Waals surface area (Å²) >= 11 is 0. The number of rotatable bonds is 3. The Morgan fingerprint density at radius 3 is 2.80 bits per heavy atom. The number of aromatic amines is 1. The van der Waals surface area contributed by atoms with E-state index in [4.69, 9.17) is 5.73 Å². The molecule has 3 amide bonds. The van der Waals surface area contributed by atoms with Crippen LogP contribution in [0.25, 0.3) is 10.9 Å². The Morgan fingerprint density at radius 1 is 1.17 bits per heavy atom. The first-order valence-electron chi connectivity index (χ1n) is 9.86. The first-order chi connectivity index (χ1) is 14.4. The van der Waals surface area contributed by atoms with E-state index in [0.717, 1.165) is 29.3 Å². The van der Waals surface area contributed by atoms with Gasteiger partial charge < -0.3 is 20.9 Å². The smallest absolute Gasteiger partial charge is 0.313 e. The summed E-state index contributed by atoms with van der Waals surface area (Å²) in [6.07, 6.45) is 6.32. The number of nitrogens with zero attached hydrogens (tertiary/aromatic N) is 2. The predicted molar refractivity (Wildman–Crippen MR) is 113 cm³/mol. The van der Waals surface area contributed by atoms with E-state index < -0.39 is 17.7 Å². The lowest BCUT2D eigenvalue weighted by Gasteiger charge is -2.38. The molecule has 2 atom stereocenters. The Balaban J connectivity index is 1.56. The average molecular weight is 405 g/mol. The second kappa shape index (κ2) is 7.98. The summed E-state index contributed by atoms with van der Waals surface area (Å²) < 4.78 is 0. The number of benzene rings is 1. The number of piperidine rings is 1. The van der Waals surface area contributed by atoms with Crippen molar-refractivity contribution in [1.29, 1.82) is 0 Å². The highest BCUT2D eigenvalue weighted by Gasteiger charge is 2.34. The van der Waals surface area contributed by atoms with Crippen molar-refractivity contribution in [2.24, 2.45) is 11.7 Å². The zero-order valence-electron chi connectivity index (χ0n) is 16.6. The number of aromatic nitrogens is 2. The fraction of sp³-hybridized carbons (Fsp3) is 0.273. The number of primary amides is 1. The van der Waals surface area contributed by atoms with Crippen molar-refractivity contribution in [3.8, 4) is 0 Å². The van der Waals surface area contributed by atoms with Crippen LogP contribution in [-0.4, -0.2) is 39.1 Å². The maximum Gasteiger partial charge on any atom is 0.313 e. The first-order valence-corrected chi connectivity index (χ1v) is 9.86. The van der Waals surface area contributed by atoms with Crippen LogP contribution in [-0.2, 0) is 9.59 Å². The molecule has 0 bridgehead atoms. The minimum absolute atomic E-state index is 0.157. The van der Waals surface area contributed by atoms with Gasteiger partial charge in [-0.25, -0.2) is 0 Å². The number of carbonyl (C=O) groups excluding carboxylic acids is 3. The third-order valence-corrected chi connectivity index (χ3v) is 5.52. The summed E-state index contributed by atoms with van der Waals surface area (Å²) in [5, 5.41) is 3.61. The Labute approximate surface area is 173 Å². The Bertz CT molecular complexity index is 1120. The van der Waals surface area contributed by atoms with Gasteiger partial charge in [-0.2, -0.15) is 0 Å². The Hall–Kier alpha value is -3.68. The number of likely N-dealkylation sites (tertiary alicyclic amines) is 1. The molecule has 0 aliphatic carbocycles. The third kappa shape index (κ3) is 3.89. The molecule has 1 aromatic carbocycles. The summed E-state index contributed by atoms with van der Waals surface area (Å²) in [5.41, 5.74) is 7.69. The SMILES string of the molecule is C[C@H]1CC[C@H](c2ccc3[nH]ccc3c2)N(C(=O)C(=O)Nc2cncc(C(N)=O)c2)C1. The van der Waals surface area contributed by atoms with Crippen molar-refractivity contribution in [3.05, 3.63) is 60.0 Å². The van der Waals surface area contributed by atoms with Gasteiger partial charge in [-0.05, 0) is 54.0 Å². The first kappa shape index (κ1) is 19.6. The predicted octanol–water partition coefficient (Wildman–Crippen LogP) is 2.60. The molecule has 0 saturated carbocycles. The van der Waals surface area contributed by atoms with E-state index in [1.54, 1.807) is 4.90 Å². The summed E-state index contributed by atoms with van der Waals surface area (Å²) in [7, 11) is 0. The van der Waals surface area contributed by atoms with Gasteiger partial charge in [-0.15, -0.1) is 0 Å².